The van der Waals surface area contributed by atoms with E-state index in [9.17, 15) is 4.79 Å². The molecule has 1 aromatic rings. The molecule has 3 fully saturated rings. The molecule has 1 saturated carbocycles. The number of methoxy groups -OCH3 is 1. The molecule has 1 aliphatic carbocycles. The molecule has 7 atom stereocenters. The average Bonchev–Trinajstić information content (AvgIpc) is 3.38. The number of benzene rings is 1. The Morgan fingerprint density at radius 2 is 2.00 bits per heavy atom. The third kappa shape index (κ3) is 2.63. The summed E-state index contributed by atoms with van der Waals surface area (Å²) in [6.07, 6.45) is -1.25. The van der Waals surface area contributed by atoms with E-state index in [0.717, 1.165) is 5.56 Å². The molecule has 6 heteroatoms. The van der Waals surface area contributed by atoms with Crippen molar-refractivity contribution in [1.29, 1.82) is 0 Å². The smallest absolute Gasteiger partial charge is 0.309 e. The van der Waals surface area contributed by atoms with Crippen molar-refractivity contribution in [1.82, 2.24) is 0 Å². The summed E-state index contributed by atoms with van der Waals surface area (Å²) in [6.45, 7) is 2.61. The Kier molecular flexibility index (Phi) is 4.30. The fourth-order valence-electron chi connectivity index (χ4n) is 3.95. The summed E-state index contributed by atoms with van der Waals surface area (Å²) in [6, 6.07) is 9.80. The lowest BCUT2D eigenvalue weighted by molar-refractivity contribution is -0.316. The van der Waals surface area contributed by atoms with Gasteiger partial charge < -0.3 is 23.7 Å². The SMILES string of the molecule is CCOC(=O)C1C2[C@H]1[C@@H](OC)O[C@@H]1CO[C@@H](c3ccccc3)O[C@@H]21. The number of esters is 1. The van der Waals surface area contributed by atoms with Crippen LogP contribution in [0.2, 0.25) is 0 Å². The van der Waals surface area contributed by atoms with E-state index in [2.05, 4.69) is 0 Å². The third-order valence-corrected chi connectivity index (χ3v) is 5.06. The Morgan fingerprint density at radius 3 is 2.71 bits per heavy atom. The molecule has 0 aromatic heterocycles. The third-order valence-electron chi connectivity index (χ3n) is 5.06. The fourth-order valence-corrected chi connectivity index (χ4v) is 3.95. The van der Waals surface area contributed by atoms with Gasteiger partial charge in [0.25, 0.3) is 0 Å². The molecular weight excluding hydrogens is 312 g/mol. The van der Waals surface area contributed by atoms with Gasteiger partial charge in [-0.25, -0.2) is 0 Å². The van der Waals surface area contributed by atoms with E-state index >= 15 is 0 Å². The number of carbonyl (C=O) groups excluding carboxylic acids is 1. The highest BCUT2D eigenvalue weighted by atomic mass is 16.7. The topological polar surface area (TPSA) is 63.2 Å². The zero-order valence-corrected chi connectivity index (χ0v) is 13.8. The van der Waals surface area contributed by atoms with Crippen molar-refractivity contribution in [3.05, 3.63) is 35.9 Å². The molecule has 0 N–H and O–H groups in total. The molecule has 2 unspecified atom stereocenters. The first-order valence-electron chi connectivity index (χ1n) is 8.41. The Labute approximate surface area is 141 Å². The van der Waals surface area contributed by atoms with Crippen molar-refractivity contribution >= 4 is 5.97 Å². The predicted molar refractivity (Wildman–Crippen MR) is 82.8 cm³/mol. The maximum atomic E-state index is 12.2. The number of hydrogen-bond acceptors (Lipinski definition) is 6. The lowest BCUT2D eigenvalue weighted by atomic mass is 10.0. The van der Waals surface area contributed by atoms with Crippen LogP contribution in [0.15, 0.2) is 30.3 Å². The average molecular weight is 334 g/mol. The number of ether oxygens (including phenoxy) is 5. The number of rotatable bonds is 4. The molecule has 3 aliphatic rings. The first-order chi connectivity index (χ1) is 11.7. The van der Waals surface area contributed by atoms with E-state index in [1.165, 1.54) is 0 Å². The predicted octanol–water partition coefficient (Wildman–Crippen LogP) is 1.90. The van der Waals surface area contributed by atoms with Gasteiger partial charge >= 0.3 is 5.97 Å². The van der Waals surface area contributed by atoms with Gasteiger partial charge in [0.1, 0.15) is 6.10 Å². The van der Waals surface area contributed by atoms with Crippen molar-refractivity contribution in [2.24, 2.45) is 17.8 Å². The summed E-state index contributed by atoms with van der Waals surface area (Å²) in [5.41, 5.74) is 0.967. The highest BCUT2D eigenvalue weighted by Gasteiger charge is 2.69. The van der Waals surface area contributed by atoms with Crippen LogP contribution >= 0.6 is 0 Å². The van der Waals surface area contributed by atoms with Crippen molar-refractivity contribution in [3.63, 3.8) is 0 Å². The van der Waals surface area contributed by atoms with Crippen molar-refractivity contribution < 1.29 is 28.5 Å². The van der Waals surface area contributed by atoms with Gasteiger partial charge in [0.15, 0.2) is 12.6 Å². The van der Waals surface area contributed by atoms with Crippen molar-refractivity contribution in [2.75, 3.05) is 20.3 Å². The molecule has 2 saturated heterocycles. The summed E-state index contributed by atoms with van der Waals surface area (Å²) < 4.78 is 28.6. The molecule has 6 nitrogen and oxygen atoms in total. The Balaban J connectivity index is 1.52. The fraction of sp³-hybridized carbons (Fsp3) is 0.611. The molecular formula is C18H22O6. The van der Waals surface area contributed by atoms with Crippen LogP contribution in [0, 0.1) is 17.8 Å². The van der Waals surface area contributed by atoms with Crippen LogP contribution in [0.4, 0.5) is 0 Å². The molecule has 0 radical (unpaired) electrons. The van der Waals surface area contributed by atoms with Gasteiger partial charge in [0.2, 0.25) is 0 Å². The van der Waals surface area contributed by atoms with Gasteiger partial charge in [0.05, 0.1) is 25.2 Å². The number of fused-ring (bicyclic) bond motifs is 3. The molecule has 1 aromatic carbocycles. The van der Waals surface area contributed by atoms with Crippen LogP contribution in [-0.2, 0) is 28.5 Å². The number of carbonyl (C=O) groups is 1. The summed E-state index contributed by atoms with van der Waals surface area (Å²) >= 11 is 0. The summed E-state index contributed by atoms with van der Waals surface area (Å²) in [7, 11) is 1.60. The normalized spacial score (nSPS) is 40.3. The Morgan fingerprint density at radius 1 is 1.21 bits per heavy atom. The molecule has 4 rings (SSSR count). The van der Waals surface area contributed by atoms with Gasteiger partial charge in [-0.3, -0.25) is 4.79 Å². The minimum atomic E-state index is -0.431. The van der Waals surface area contributed by atoms with Gasteiger partial charge in [-0.15, -0.1) is 0 Å². The lowest BCUT2D eigenvalue weighted by Crippen LogP contribution is -2.49. The maximum absolute atomic E-state index is 12.2. The minimum Gasteiger partial charge on any atom is -0.466 e. The second-order valence-electron chi connectivity index (χ2n) is 6.39. The largest absolute Gasteiger partial charge is 0.466 e. The second-order valence-corrected chi connectivity index (χ2v) is 6.39. The van der Waals surface area contributed by atoms with Crippen LogP contribution in [0.1, 0.15) is 18.8 Å². The van der Waals surface area contributed by atoms with Crippen LogP contribution in [0.25, 0.3) is 0 Å². The highest BCUT2D eigenvalue weighted by molar-refractivity contribution is 5.77. The Hall–Kier alpha value is -1.47. The Bertz CT molecular complexity index is 590. The zero-order chi connectivity index (χ0) is 16.7. The van der Waals surface area contributed by atoms with Gasteiger partial charge in [-0.05, 0) is 6.92 Å². The van der Waals surface area contributed by atoms with Crippen LogP contribution in [0.3, 0.4) is 0 Å². The standard InChI is InChI=1S/C18H22O6/c1-3-21-16(19)13-12-14(13)18(20-2)23-11-9-22-17(24-15(11)12)10-7-5-4-6-8-10/h4-8,11-15,17-18H,3,9H2,1-2H3/t11-,12?,13?,14-,15-,17-,18+/m1/s1. The van der Waals surface area contributed by atoms with Crippen LogP contribution in [0.5, 0.6) is 0 Å². The van der Waals surface area contributed by atoms with E-state index in [-0.39, 0.29) is 35.9 Å². The maximum Gasteiger partial charge on any atom is 0.309 e. The van der Waals surface area contributed by atoms with Gasteiger partial charge in [-0.1, -0.05) is 30.3 Å². The summed E-state index contributed by atoms with van der Waals surface area (Å²) in [4.78, 5) is 12.2. The van der Waals surface area contributed by atoms with E-state index in [0.29, 0.717) is 13.2 Å². The minimum absolute atomic E-state index is 0.00942. The van der Waals surface area contributed by atoms with Crippen LogP contribution < -0.4 is 0 Å². The molecule has 130 valence electrons. The number of hydrogen-bond donors (Lipinski definition) is 0. The van der Waals surface area contributed by atoms with Gasteiger partial charge in [-0.2, -0.15) is 0 Å². The summed E-state index contributed by atoms with van der Waals surface area (Å²) in [5.74, 6) is -0.364. The van der Waals surface area contributed by atoms with Gasteiger partial charge in [0, 0.05) is 24.5 Å². The van der Waals surface area contributed by atoms with Crippen LogP contribution in [-0.4, -0.2) is 44.8 Å². The van der Waals surface area contributed by atoms with E-state index in [1.807, 2.05) is 37.3 Å². The van der Waals surface area contributed by atoms with Crippen molar-refractivity contribution in [2.45, 2.75) is 31.7 Å². The summed E-state index contributed by atoms with van der Waals surface area (Å²) in [5, 5.41) is 0. The molecule has 2 aliphatic heterocycles. The lowest BCUT2D eigenvalue weighted by Gasteiger charge is -2.41. The monoisotopic (exact) mass is 334 g/mol. The van der Waals surface area contributed by atoms with E-state index in [4.69, 9.17) is 23.7 Å². The molecule has 24 heavy (non-hydrogen) atoms. The first kappa shape index (κ1) is 16.0. The molecule has 0 spiro atoms. The zero-order valence-electron chi connectivity index (χ0n) is 13.8. The first-order valence-corrected chi connectivity index (χ1v) is 8.41. The quantitative estimate of drug-likeness (QED) is 0.784. The van der Waals surface area contributed by atoms with E-state index < -0.39 is 12.6 Å². The molecule has 0 amide bonds. The molecule has 0 bridgehead atoms. The highest BCUT2D eigenvalue weighted by Crippen LogP contribution is 2.58. The van der Waals surface area contributed by atoms with Crippen molar-refractivity contribution in [3.8, 4) is 0 Å². The molecule has 2 heterocycles. The second kappa shape index (κ2) is 6.44. The van der Waals surface area contributed by atoms with E-state index in [1.54, 1.807) is 7.11 Å².